The molecule has 14 heavy (non-hydrogen) atoms. The predicted octanol–water partition coefficient (Wildman–Crippen LogP) is 1.25. The summed E-state index contributed by atoms with van der Waals surface area (Å²) in [5.74, 6) is 0.761. The first kappa shape index (κ1) is 11.3. The molecule has 2 atom stereocenters. The van der Waals surface area contributed by atoms with Gasteiger partial charge in [0.1, 0.15) is 11.9 Å². The standard InChI is InChI=1S/C10H13NO2.ClH/c11-6-7-5-9(12)8-3-1-2-4-10(8)13-7;/h1-4,7,9,12H,5-6,11H2;1H. The molecular weight excluding hydrogens is 202 g/mol. The van der Waals surface area contributed by atoms with E-state index in [1.807, 2.05) is 24.3 Å². The van der Waals surface area contributed by atoms with Crippen LogP contribution in [0, 0.1) is 0 Å². The molecule has 2 unspecified atom stereocenters. The molecule has 1 aliphatic heterocycles. The van der Waals surface area contributed by atoms with Gasteiger partial charge in [-0.3, -0.25) is 0 Å². The Morgan fingerprint density at radius 2 is 2.14 bits per heavy atom. The fourth-order valence-electron chi connectivity index (χ4n) is 1.61. The number of rotatable bonds is 1. The maximum atomic E-state index is 9.73. The number of para-hydroxylation sites is 1. The van der Waals surface area contributed by atoms with Crippen LogP contribution in [0.4, 0.5) is 0 Å². The summed E-state index contributed by atoms with van der Waals surface area (Å²) in [5, 5.41) is 9.73. The van der Waals surface area contributed by atoms with Crippen molar-refractivity contribution in [3.8, 4) is 5.75 Å². The van der Waals surface area contributed by atoms with E-state index in [0.29, 0.717) is 13.0 Å². The third kappa shape index (κ3) is 2.00. The van der Waals surface area contributed by atoms with E-state index in [4.69, 9.17) is 10.5 Å². The van der Waals surface area contributed by atoms with Crippen LogP contribution < -0.4 is 10.5 Å². The molecule has 78 valence electrons. The zero-order valence-electron chi connectivity index (χ0n) is 7.72. The first-order valence-electron chi connectivity index (χ1n) is 4.45. The highest BCUT2D eigenvalue weighted by atomic mass is 35.5. The highest BCUT2D eigenvalue weighted by Crippen LogP contribution is 2.33. The SMILES string of the molecule is Cl.NCC1CC(O)c2ccccc2O1. The fourth-order valence-corrected chi connectivity index (χ4v) is 1.61. The minimum Gasteiger partial charge on any atom is -0.489 e. The highest BCUT2D eigenvalue weighted by Gasteiger charge is 2.25. The second-order valence-corrected chi connectivity index (χ2v) is 3.26. The van der Waals surface area contributed by atoms with E-state index in [-0.39, 0.29) is 18.5 Å². The van der Waals surface area contributed by atoms with Gasteiger partial charge in [0.05, 0.1) is 6.10 Å². The van der Waals surface area contributed by atoms with Gasteiger partial charge in [-0.05, 0) is 6.07 Å². The normalized spacial score (nSPS) is 24.4. The molecule has 0 saturated carbocycles. The van der Waals surface area contributed by atoms with Crippen molar-refractivity contribution < 1.29 is 9.84 Å². The predicted molar refractivity (Wildman–Crippen MR) is 56.7 cm³/mol. The lowest BCUT2D eigenvalue weighted by Gasteiger charge is -2.28. The van der Waals surface area contributed by atoms with Gasteiger partial charge in [0.2, 0.25) is 0 Å². The van der Waals surface area contributed by atoms with Gasteiger partial charge in [0, 0.05) is 18.5 Å². The molecule has 0 saturated heterocycles. The van der Waals surface area contributed by atoms with Gasteiger partial charge in [-0.1, -0.05) is 18.2 Å². The van der Waals surface area contributed by atoms with Crippen molar-refractivity contribution in [2.75, 3.05) is 6.54 Å². The van der Waals surface area contributed by atoms with Crippen molar-refractivity contribution in [1.29, 1.82) is 0 Å². The maximum Gasteiger partial charge on any atom is 0.125 e. The lowest BCUT2D eigenvalue weighted by Crippen LogP contribution is -2.32. The number of benzene rings is 1. The summed E-state index contributed by atoms with van der Waals surface area (Å²) in [4.78, 5) is 0. The van der Waals surface area contributed by atoms with Gasteiger partial charge in [-0.15, -0.1) is 12.4 Å². The van der Waals surface area contributed by atoms with Crippen LogP contribution in [0.15, 0.2) is 24.3 Å². The molecule has 0 radical (unpaired) electrons. The summed E-state index contributed by atoms with van der Waals surface area (Å²) < 4.78 is 5.57. The van der Waals surface area contributed by atoms with E-state index >= 15 is 0 Å². The summed E-state index contributed by atoms with van der Waals surface area (Å²) in [6, 6.07) is 7.53. The van der Waals surface area contributed by atoms with Gasteiger partial charge >= 0.3 is 0 Å². The monoisotopic (exact) mass is 215 g/mol. The van der Waals surface area contributed by atoms with Crippen molar-refractivity contribution in [2.45, 2.75) is 18.6 Å². The van der Waals surface area contributed by atoms with Crippen LogP contribution in [0.2, 0.25) is 0 Å². The average molecular weight is 216 g/mol. The Bertz CT molecular complexity index is 306. The van der Waals surface area contributed by atoms with Gasteiger partial charge in [-0.25, -0.2) is 0 Å². The number of hydrogen-bond acceptors (Lipinski definition) is 3. The van der Waals surface area contributed by atoms with Crippen LogP contribution in [-0.2, 0) is 0 Å². The van der Waals surface area contributed by atoms with E-state index in [2.05, 4.69) is 0 Å². The molecule has 0 aliphatic carbocycles. The number of aliphatic hydroxyl groups is 1. The van der Waals surface area contributed by atoms with E-state index in [1.165, 1.54) is 0 Å². The van der Waals surface area contributed by atoms with Crippen LogP contribution in [0.1, 0.15) is 18.1 Å². The lowest BCUT2D eigenvalue weighted by molar-refractivity contribution is 0.0701. The summed E-state index contributed by atoms with van der Waals surface area (Å²) >= 11 is 0. The molecule has 0 spiro atoms. The summed E-state index contributed by atoms with van der Waals surface area (Å²) in [6.07, 6.45) is 0.108. The molecule has 4 heteroatoms. The van der Waals surface area contributed by atoms with Crippen LogP contribution in [0.25, 0.3) is 0 Å². The average Bonchev–Trinajstić information content (AvgIpc) is 2.18. The Balaban J connectivity index is 0.000000980. The Labute approximate surface area is 89.3 Å². The largest absolute Gasteiger partial charge is 0.489 e. The molecule has 0 bridgehead atoms. The summed E-state index contributed by atoms with van der Waals surface area (Å²) in [5.41, 5.74) is 6.35. The molecule has 2 rings (SSSR count). The molecule has 1 heterocycles. The zero-order chi connectivity index (χ0) is 9.26. The van der Waals surface area contributed by atoms with Crippen molar-refractivity contribution in [2.24, 2.45) is 5.73 Å². The van der Waals surface area contributed by atoms with Crippen LogP contribution >= 0.6 is 12.4 Å². The zero-order valence-corrected chi connectivity index (χ0v) is 8.54. The topological polar surface area (TPSA) is 55.5 Å². The number of fused-ring (bicyclic) bond motifs is 1. The Kier molecular flexibility index (Phi) is 3.75. The number of aliphatic hydroxyl groups excluding tert-OH is 1. The van der Waals surface area contributed by atoms with E-state index < -0.39 is 6.10 Å². The lowest BCUT2D eigenvalue weighted by atomic mass is 9.99. The third-order valence-electron chi connectivity index (χ3n) is 2.32. The summed E-state index contributed by atoms with van der Waals surface area (Å²) in [7, 11) is 0. The van der Waals surface area contributed by atoms with Gasteiger partial charge in [0.15, 0.2) is 0 Å². The molecular formula is C10H14ClNO2. The molecule has 1 aliphatic rings. The van der Waals surface area contributed by atoms with Crippen molar-refractivity contribution in [1.82, 2.24) is 0 Å². The van der Waals surface area contributed by atoms with Crippen molar-refractivity contribution >= 4 is 12.4 Å². The molecule has 3 nitrogen and oxygen atoms in total. The minimum absolute atomic E-state index is 0. The first-order chi connectivity index (χ1) is 6.31. The number of hydrogen-bond donors (Lipinski definition) is 2. The minimum atomic E-state index is -0.432. The van der Waals surface area contributed by atoms with E-state index in [0.717, 1.165) is 11.3 Å². The number of halogens is 1. The van der Waals surface area contributed by atoms with Crippen molar-refractivity contribution in [3.63, 3.8) is 0 Å². The molecule has 1 aromatic rings. The second kappa shape index (κ2) is 4.64. The van der Waals surface area contributed by atoms with Gasteiger partial charge in [0.25, 0.3) is 0 Å². The maximum absolute atomic E-state index is 9.73. The third-order valence-corrected chi connectivity index (χ3v) is 2.32. The Morgan fingerprint density at radius 3 is 2.86 bits per heavy atom. The highest BCUT2D eigenvalue weighted by molar-refractivity contribution is 5.85. The molecule has 0 aromatic heterocycles. The van der Waals surface area contributed by atoms with E-state index in [1.54, 1.807) is 0 Å². The van der Waals surface area contributed by atoms with Crippen molar-refractivity contribution in [3.05, 3.63) is 29.8 Å². The first-order valence-corrected chi connectivity index (χ1v) is 4.45. The summed E-state index contributed by atoms with van der Waals surface area (Å²) in [6.45, 7) is 0.450. The molecule has 1 aromatic carbocycles. The Hall–Kier alpha value is -0.770. The van der Waals surface area contributed by atoms with Crippen LogP contribution in [0.5, 0.6) is 5.75 Å². The molecule has 0 fully saturated rings. The second-order valence-electron chi connectivity index (χ2n) is 3.26. The Morgan fingerprint density at radius 1 is 1.43 bits per heavy atom. The van der Waals surface area contributed by atoms with Gasteiger partial charge in [-0.2, -0.15) is 0 Å². The van der Waals surface area contributed by atoms with Gasteiger partial charge < -0.3 is 15.6 Å². The number of nitrogens with two attached hydrogens (primary N) is 1. The quantitative estimate of drug-likeness (QED) is 0.742. The smallest absolute Gasteiger partial charge is 0.125 e. The molecule has 3 N–H and O–H groups in total. The van der Waals surface area contributed by atoms with Crippen LogP contribution in [0.3, 0.4) is 0 Å². The number of ether oxygens (including phenoxy) is 1. The fraction of sp³-hybridized carbons (Fsp3) is 0.400. The molecule has 0 amide bonds. The van der Waals surface area contributed by atoms with Crippen LogP contribution in [-0.4, -0.2) is 17.8 Å². The van der Waals surface area contributed by atoms with E-state index in [9.17, 15) is 5.11 Å².